The van der Waals surface area contributed by atoms with Crippen LogP contribution < -0.4 is 5.32 Å². The molecule has 3 rings (SSSR count). The highest BCUT2D eigenvalue weighted by Crippen LogP contribution is 2.23. The van der Waals surface area contributed by atoms with Crippen LogP contribution in [0.15, 0.2) is 12.1 Å². The second kappa shape index (κ2) is 8.44. The van der Waals surface area contributed by atoms with Crippen LogP contribution in [0.4, 0.5) is 0 Å². The van der Waals surface area contributed by atoms with Gasteiger partial charge in [-0.05, 0) is 12.1 Å². The molecule has 128 valence electrons. The molecule has 7 heteroatoms. The molecule has 1 N–H and O–H groups in total. The average molecular weight is 357 g/mol. The molecule has 0 saturated carbocycles. The Bertz CT molecular complexity index is 510. The summed E-state index contributed by atoms with van der Waals surface area (Å²) in [5, 5.41) is 3.28. The third-order valence-electron chi connectivity index (χ3n) is 4.58. The quantitative estimate of drug-likeness (QED) is 0.864. The number of piperazine rings is 2. The van der Waals surface area contributed by atoms with Gasteiger partial charge in [-0.3, -0.25) is 9.69 Å². The highest BCUT2D eigenvalue weighted by molar-refractivity contribution is 7.16. The highest BCUT2D eigenvalue weighted by atomic mass is 35.5. The van der Waals surface area contributed by atoms with Gasteiger partial charge in [0, 0.05) is 76.7 Å². The Morgan fingerprint density at radius 2 is 1.78 bits per heavy atom. The van der Waals surface area contributed by atoms with Gasteiger partial charge in [-0.25, -0.2) is 0 Å². The molecule has 2 fully saturated rings. The van der Waals surface area contributed by atoms with Gasteiger partial charge in [0.1, 0.15) is 0 Å². The molecule has 0 unspecified atom stereocenters. The monoisotopic (exact) mass is 356 g/mol. The average Bonchev–Trinajstić information content (AvgIpc) is 2.99. The zero-order valence-corrected chi connectivity index (χ0v) is 15.0. The molecular formula is C16H25ClN4OS. The van der Waals surface area contributed by atoms with E-state index in [1.54, 1.807) is 11.3 Å². The fourth-order valence-electron chi connectivity index (χ4n) is 3.15. The number of halogens is 1. The van der Waals surface area contributed by atoms with E-state index in [1.807, 2.05) is 11.0 Å². The van der Waals surface area contributed by atoms with Crippen LogP contribution in [0.5, 0.6) is 0 Å². The van der Waals surface area contributed by atoms with Crippen LogP contribution >= 0.6 is 22.9 Å². The van der Waals surface area contributed by atoms with E-state index in [1.165, 1.54) is 4.88 Å². The Balaban J connectivity index is 1.35. The molecule has 5 nitrogen and oxygen atoms in total. The van der Waals surface area contributed by atoms with Gasteiger partial charge in [-0.2, -0.15) is 0 Å². The third kappa shape index (κ3) is 5.16. The summed E-state index contributed by atoms with van der Waals surface area (Å²) in [5.41, 5.74) is 0. The smallest absolute Gasteiger partial charge is 0.223 e. The number of carbonyl (C=O) groups is 1. The van der Waals surface area contributed by atoms with Gasteiger partial charge in [0.05, 0.1) is 4.34 Å². The van der Waals surface area contributed by atoms with E-state index in [4.69, 9.17) is 11.6 Å². The Morgan fingerprint density at radius 3 is 2.43 bits per heavy atom. The van der Waals surface area contributed by atoms with Gasteiger partial charge in [0.2, 0.25) is 5.91 Å². The number of nitrogens with one attached hydrogen (secondary N) is 1. The maximum Gasteiger partial charge on any atom is 0.223 e. The van der Waals surface area contributed by atoms with Crippen molar-refractivity contribution in [3.05, 3.63) is 21.3 Å². The normalized spacial score (nSPS) is 20.8. The molecule has 0 aliphatic carbocycles. The number of hydrogen-bond donors (Lipinski definition) is 1. The van der Waals surface area contributed by atoms with Gasteiger partial charge in [-0.15, -0.1) is 11.3 Å². The lowest BCUT2D eigenvalue weighted by molar-refractivity contribution is -0.132. The largest absolute Gasteiger partial charge is 0.340 e. The SMILES string of the molecule is O=C(CCN1CCN(Cc2ccc(Cl)s2)CC1)N1CCNCC1. The fraction of sp³-hybridized carbons (Fsp3) is 0.688. The first-order valence-corrected chi connectivity index (χ1v) is 9.57. The number of nitrogens with zero attached hydrogens (tertiary/aromatic N) is 3. The van der Waals surface area contributed by atoms with E-state index in [0.717, 1.165) is 69.8 Å². The van der Waals surface area contributed by atoms with Crippen LogP contribution in [-0.2, 0) is 11.3 Å². The first-order chi connectivity index (χ1) is 11.2. The summed E-state index contributed by atoms with van der Waals surface area (Å²) in [6.07, 6.45) is 0.653. The van der Waals surface area contributed by atoms with Crippen LogP contribution in [0.25, 0.3) is 0 Å². The fourth-order valence-corrected chi connectivity index (χ4v) is 4.28. The second-order valence-electron chi connectivity index (χ2n) is 6.20. The predicted molar refractivity (Wildman–Crippen MR) is 95.1 cm³/mol. The molecule has 2 aliphatic rings. The molecule has 0 spiro atoms. The Hall–Kier alpha value is -0.660. The summed E-state index contributed by atoms with van der Waals surface area (Å²) >= 11 is 7.66. The molecule has 0 radical (unpaired) electrons. The van der Waals surface area contributed by atoms with Crippen LogP contribution in [-0.4, -0.2) is 79.5 Å². The minimum absolute atomic E-state index is 0.308. The Morgan fingerprint density at radius 1 is 1.09 bits per heavy atom. The van der Waals surface area contributed by atoms with Gasteiger partial charge in [-0.1, -0.05) is 11.6 Å². The molecular weight excluding hydrogens is 332 g/mol. The van der Waals surface area contributed by atoms with Gasteiger partial charge in [0.25, 0.3) is 0 Å². The Labute approximate surface area is 147 Å². The lowest BCUT2D eigenvalue weighted by Crippen LogP contribution is -2.49. The van der Waals surface area contributed by atoms with Crippen molar-refractivity contribution in [2.45, 2.75) is 13.0 Å². The van der Waals surface area contributed by atoms with Crippen LogP contribution in [0.3, 0.4) is 0 Å². The molecule has 2 saturated heterocycles. The summed E-state index contributed by atoms with van der Waals surface area (Å²) in [7, 11) is 0. The molecule has 3 heterocycles. The van der Waals surface area contributed by atoms with E-state index in [2.05, 4.69) is 21.2 Å². The van der Waals surface area contributed by atoms with E-state index in [-0.39, 0.29) is 0 Å². The first-order valence-electron chi connectivity index (χ1n) is 8.38. The third-order valence-corrected chi connectivity index (χ3v) is 5.80. The first kappa shape index (κ1) is 17.2. The summed E-state index contributed by atoms with van der Waals surface area (Å²) in [6.45, 7) is 9.68. The highest BCUT2D eigenvalue weighted by Gasteiger charge is 2.20. The zero-order chi connectivity index (χ0) is 16.1. The standard InChI is InChI=1S/C16H25ClN4OS/c17-15-2-1-14(23-15)13-20-11-9-19(10-12-20)6-3-16(22)21-7-4-18-5-8-21/h1-2,18H,3-13H2. The van der Waals surface area contributed by atoms with E-state index >= 15 is 0 Å². The van der Waals surface area contributed by atoms with Crippen LogP contribution in [0, 0.1) is 0 Å². The van der Waals surface area contributed by atoms with Crippen molar-refractivity contribution in [2.24, 2.45) is 0 Å². The van der Waals surface area contributed by atoms with Crippen molar-refractivity contribution >= 4 is 28.8 Å². The minimum atomic E-state index is 0.308. The molecule has 23 heavy (non-hydrogen) atoms. The van der Waals surface area contributed by atoms with Crippen molar-refractivity contribution in [3.8, 4) is 0 Å². The van der Waals surface area contributed by atoms with Crippen molar-refractivity contribution in [1.82, 2.24) is 20.0 Å². The van der Waals surface area contributed by atoms with E-state index < -0.39 is 0 Å². The molecule has 0 atom stereocenters. The number of carbonyl (C=O) groups excluding carboxylic acids is 1. The lowest BCUT2D eigenvalue weighted by Gasteiger charge is -2.35. The molecule has 2 aliphatic heterocycles. The summed E-state index contributed by atoms with van der Waals surface area (Å²) in [5.74, 6) is 0.308. The second-order valence-corrected chi connectivity index (χ2v) is 8.00. The minimum Gasteiger partial charge on any atom is -0.340 e. The molecule has 1 aromatic rings. The molecule has 0 bridgehead atoms. The Kier molecular flexibility index (Phi) is 6.30. The topological polar surface area (TPSA) is 38.8 Å². The summed E-state index contributed by atoms with van der Waals surface area (Å²) in [6, 6.07) is 4.09. The van der Waals surface area contributed by atoms with E-state index in [9.17, 15) is 4.79 Å². The number of thiophene rings is 1. The van der Waals surface area contributed by atoms with Crippen LogP contribution in [0.1, 0.15) is 11.3 Å². The van der Waals surface area contributed by atoms with Crippen molar-refractivity contribution in [2.75, 3.05) is 58.9 Å². The van der Waals surface area contributed by atoms with Crippen molar-refractivity contribution in [1.29, 1.82) is 0 Å². The summed E-state index contributed by atoms with van der Waals surface area (Å²) in [4.78, 5) is 20.4. The predicted octanol–water partition coefficient (Wildman–Crippen LogP) is 1.34. The van der Waals surface area contributed by atoms with Crippen molar-refractivity contribution < 1.29 is 4.79 Å². The maximum absolute atomic E-state index is 12.2. The number of rotatable bonds is 5. The van der Waals surface area contributed by atoms with E-state index in [0.29, 0.717) is 12.3 Å². The molecule has 1 amide bonds. The number of amides is 1. The van der Waals surface area contributed by atoms with Crippen LogP contribution in [0.2, 0.25) is 4.34 Å². The summed E-state index contributed by atoms with van der Waals surface area (Å²) < 4.78 is 0.866. The lowest BCUT2D eigenvalue weighted by atomic mass is 10.2. The number of hydrogen-bond acceptors (Lipinski definition) is 5. The molecule has 1 aromatic heterocycles. The molecule has 0 aromatic carbocycles. The van der Waals surface area contributed by atoms with Gasteiger partial charge >= 0.3 is 0 Å². The zero-order valence-electron chi connectivity index (χ0n) is 13.5. The van der Waals surface area contributed by atoms with Crippen molar-refractivity contribution in [3.63, 3.8) is 0 Å². The van der Waals surface area contributed by atoms with Gasteiger partial charge < -0.3 is 15.1 Å². The van der Waals surface area contributed by atoms with Gasteiger partial charge in [0.15, 0.2) is 0 Å². The maximum atomic E-state index is 12.2.